The molecule has 0 aliphatic rings. The lowest BCUT2D eigenvalue weighted by atomic mass is 10.2. The Morgan fingerprint density at radius 2 is 2.15 bits per heavy atom. The number of hydrogen-bond donors (Lipinski definition) is 1. The van der Waals surface area contributed by atoms with Crippen molar-refractivity contribution in [1.29, 1.82) is 0 Å². The summed E-state index contributed by atoms with van der Waals surface area (Å²) < 4.78 is 18.8. The molecule has 3 rings (SSSR count). The SMILES string of the molecule is CCOC(=O)c1sc2nc(/C(Cl)=C/c3ccccc3F)[nH]c(=O)c2c1C. The Bertz CT molecular complexity index is 1090. The highest BCUT2D eigenvalue weighted by atomic mass is 35.5. The van der Waals surface area contributed by atoms with Crippen LogP contribution in [0.1, 0.15) is 33.5 Å². The van der Waals surface area contributed by atoms with Crippen molar-refractivity contribution < 1.29 is 13.9 Å². The number of H-pyrrole nitrogens is 1. The van der Waals surface area contributed by atoms with Gasteiger partial charge in [-0.1, -0.05) is 29.8 Å². The molecule has 0 fully saturated rings. The van der Waals surface area contributed by atoms with Crippen LogP contribution in [-0.2, 0) is 4.74 Å². The predicted octanol–water partition coefficient (Wildman–Crippen LogP) is 4.35. The van der Waals surface area contributed by atoms with Gasteiger partial charge in [-0.25, -0.2) is 14.2 Å². The molecule has 2 heterocycles. The number of halogens is 2. The number of aromatic nitrogens is 2. The van der Waals surface area contributed by atoms with Gasteiger partial charge in [-0.2, -0.15) is 0 Å². The van der Waals surface area contributed by atoms with E-state index in [1.807, 2.05) is 0 Å². The smallest absolute Gasteiger partial charge is 0.348 e. The lowest BCUT2D eigenvalue weighted by Crippen LogP contribution is -2.11. The number of thiophene rings is 1. The number of aromatic amines is 1. The fourth-order valence-corrected chi connectivity index (χ4v) is 3.73. The number of rotatable bonds is 4. The summed E-state index contributed by atoms with van der Waals surface area (Å²) in [5.74, 6) is -0.836. The Kier molecular flexibility index (Phi) is 5.20. The first-order valence-corrected chi connectivity index (χ1v) is 8.94. The molecule has 8 heteroatoms. The minimum Gasteiger partial charge on any atom is -0.462 e. The second-order valence-electron chi connectivity index (χ2n) is 5.39. The number of benzene rings is 1. The molecule has 0 bridgehead atoms. The Morgan fingerprint density at radius 3 is 2.85 bits per heavy atom. The van der Waals surface area contributed by atoms with Crippen molar-refractivity contribution in [2.45, 2.75) is 13.8 Å². The van der Waals surface area contributed by atoms with Gasteiger partial charge in [-0.15, -0.1) is 11.3 Å². The monoisotopic (exact) mass is 392 g/mol. The largest absolute Gasteiger partial charge is 0.462 e. The van der Waals surface area contributed by atoms with Gasteiger partial charge >= 0.3 is 5.97 Å². The van der Waals surface area contributed by atoms with Gasteiger partial charge in [0.25, 0.3) is 5.56 Å². The molecule has 0 saturated carbocycles. The molecular formula is C18H14ClFN2O3S. The second-order valence-corrected chi connectivity index (χ2v) is 6.79. The average molecular weight is 393 g/mol. The predicted molar refractivity (Wildman–Crippen MR) is 101 cm³/mol. The maximum Gasteiger partial charge on any atom is 0.348 e. The van der Waals surface area contributed by atoms with E-state index in [4.69, 9.17) is 16.3 Å². The van der Waals surface area contributed by atoms with Crippen LogP contribution in [0.4, 0.5) is 4.39 Å². The van der Waals surface area contributed by atoms with Crippen LogP contribution in [0.3, 0.4) is 0 Å². The van der Waals surface area contributed by atoms with E-state index < -0.39 is 17.3 Å². The van der Waals surface area contributed by atoms with Crippen LogP contribution in [0, 0.1) is 12.7 Å². The quantitative estimate of drug-likeness (QED) is 0.670. The van der Waals surface area contributed by atoms with Gasteiger partial charge < -0.3 is 9.72 Å². The van der Waals surface area contributed by atoms with Gasteiger partial charge in [-0.05, 0) is 31.6 Å². The van der Waals surface area contributed by atoms with Crippen LogP contribution in [0.25, 0.3) is 21.3 Å². The molecule has 26 heavy (non-hydrogen) atoms. The average Bonchev–Trinajstić information content (AvgIpc) is 2.94. The molecule has 5 nitrogen and oxygen atoms in total. The first-order valence-electron chi connectivity index (χ1n) is 7.75. The molecule has 1 aromatic carbocycles. The highest BCUT2D eigenvalue weighted by Crippen LogP contribution is 2.29. The number of esters is 1. The zero-order chi connectivity index (χ0) is 18.8. The van der Waals surface area contributed by atoms with Crippen molar-refractivity contribution in [3.8, 4) is 0 Å². The maximum atomic E-state index is 13.8. The second kappa shape index (κ2) is 7.39. The number of aryl methyl sites for hydroxylation is 1. The minimum atomic E-state index is -0.498. The van der Waals surface area contributed by atoms with E-state index in [2.05, 4.69) is 9.97 Å². The standard InChI is InChI=1S/C18H14ClFN2O3S/c1-3-25-18(24)14-9(2)13-16(23)21-15(22-17(13)26-14)11(19)8-10-6-4-5-7-12(10)20/h4-8H,3H2,1-2H3,(H,21,22,23)/b11-8-. The van der Waals surface area contributed by atoms with Crippen LogP contribution in [0.2, 0.25) is 0 Å². The van der Waals surface area contributed by atoms with E-state index in [0.29, 0.717) is 20.7 Å². The summed E-state index contributed by atoms with van der Waals surface area (Å²) in [6.07, 6.45) is 1.38. The third-order valence-electron chi connectivity index (χ3n) is 3.68. The zero-order valence-electron chi connectivity index (χ0n) is 13.9. The van der Waals surface area contributed by atoms with E-state index in [9.17, 15) is 14.0 Å². The van der Waals surface area contributed by atoms with Gasteiger partial charge in [-0.3, -0.25) is 4.79 Å². The summed E-state index contributed by atoms with van der Waals surface area (Å²) in [7, 11) is 0. The molecule has 0 aliphatic carbocycles. The van der Waals surface area contributed by atoms with E-state index in [1.165, 1.54) is 12.1 Å². The molecule has 0 amide bonds. The number of nitrogens with one attached hydrogen (secondary N) is 1. The van der Waals surface area contributed by atoms with Crippen molar-refractivity contribution in [3.05, 3.63) is 62.3 Å². The van der Waals surface area contributed by atoms with Gasteiger partial charge in [0, 0.05) is 5.56 Å². The zero-order valence-corrected chi connectivity index (χ0v) is 15.5. The van der Waals surface area contributed by atoms with Crippen LogP contribution >= 0.6 is 22.9 Å². The number of carbonyl (C=O) groups excluding carboxylic acids is 1. The molecule has 3 aromatic rings. The number of hydrogen-bond acceptors (Lipinski definition) is 5. The lowest BCUT2D eigenvalue weighted by molar-refractivity contribution is 0.0531. The molecule has 1 N–H and O–H groups in total. The van der Waals surface area contributed by atoms with Crippen molar-refractivity contribution in [2.24, 2.45) is 0 Å². The van der Waals surface area contributed by atoms with Crippen molar-refractivity contribution in [1.82, 2.24) is 9.97 Å². The molecular weight excluding hydrogens is 379 g/mol. The van der Waals surface area contributed by atoms with E-state index in [1.54, 1.807) is 32.0 Å². The Hall–Kier alpha value is -2.51. The lowest BCUT2D eigenvalue weighted by Gasteiger charge is -2.01. The van der Waals surface area contributed by atoms with Crippen LogP contribution < -0.4 is 5.56 Å². The number of ether oxygens (including phenoxy) is 1. The molecule has 0 unspecified atom stereocenters. The highest BCUT2D eigenvalue weighted by molar-refractivity contribution is 7.20. The van der Waals surface area contributed by atoms with E-state index in [0.717, 1.165) is 11.3 Å². The van der Waals surface area contributed by atoms with Crippen molar-refractivity contribution in [3.63, 3.8) is 0 Å². The van der Waals surface area contributed by atoms with Crippen LogP contribution in [-0.4, -0.2) is 22.5 Å². The summed E-state index contributed by atoms with van der Waals surface area (Å²) in [6.45, 7) is 3.61. The van der Waals surface area contributed by atoms with Crippen molar-refractivity contribution in [2.75, 3.05) is 6.61 Å². The number of nitrogens with zero attached hydrogens (tertiary/aromatic N) is 1. The molecule has 0 atom stereocenters. The molecule has 0 saturated heterocycles. The van der Waals surface area contributed by atoms with Gasteiger partial charge in [0.1, 0.15) is 15.5 Å². The molecule has 0 aliphatic heterocycles. The summed E-state index contributed by atoms with van der Waals surface area (Å²) >= 11 is 7.28. The van der Waals surface area contributed by atoms with Crippen molar-refractivity contribution >= 4 is 50.2 Å². The summed E-state index contributed by atoms with van der Waals surface area (Å²) in [4.78, 5) is 32.0. The maximum absolute atomic E-state index is 13.8. The Balaban J connectivity index is 2.10. The minimum absolute atomic E-state index is 0.0813. The Labute approximate surface area is 157 Å². The summed E-state index contributed by atoms with van der Waals surface area (Å²) in [6, 6.07) is 6.11. The first-order chi connectivity index (χ1) is 12.4. The number of fused-ring (bicyclic) bond motifs is 1. The Morgan fingerprint density at radius 1 is 1.42 bits per heavy atom. The van der Waals surface area contributed by atoms with Crippen LogP contribution in [0.5, 0.6) is 0 Å². The molecule has 2 aromatic heterocycles. The van der Waals surface area contributed by atoms with Crippen LogP contribution in [0.15, 0.2) is 29.1 Å². The summed E-state index contributed by atoms with van der Waals surface area (Å²) in [5.41, 5.74) is 0.363. The van der Waals surface area contributed by atoms with E-state index >= 15 is 0 Å². The van der Waals surface area contributed by atoms with E-state index in [-0.39, 0.29) is 23.0 Å². The highest BCUT2D eigenvalue weighted by Gasteiger charge is 2.20. The van der Waals surface area contributed by atoms with Gasteiger partial charge in [0.15, 0.2) is 5.82 Å². The third-order valence-corrected chi connectivity index (χ3v) is 5.13. The van der Waals surface area contributed by atoms with Gasteiger partial charge in [0.05, 0.1) is 17.0 Å². The normalized spacial score (nSPS) is 11.8. The first kappa shape index (κ1) is 18.3. The molecule has 134 valence electrons. The topological polar surface area (TPSA) is 72.0 Å². The molecule has 0 spiro atoms. The summed E-state index contributed by atoms with van der Waals surface area (Å²) in [5, 5.41) is 0.398. The molecule has 0 radical (unpaired) electrons. The van der Waals surface area contributed by atoms with Gasteiger partial charge in [0.2, 0.25) is 0 Å². The number of carbonyl (C=O) groups is 1. The third kappa shape index (κ3) is 3.40. The fourth-order valence-electron chi connectivity index (χ4n) is 2.45. The fraction of sp³-hybridized carbons (Fsp3) is 0.167.